The van der Waals surface area contributed by atoms with E-state index in [1.165, 1.54) is 9.80 Å². The van der Waals surface area contributed by atoms with Crippen LogP contribution in [0.3, 0.4) is 0 Å². The lowest BCUT2D eigenvalue weighted by Gasteiger charge is -2.28. The van der Waals surface area contributed by atoms with Crippen LogP contribution in [-0.4, -0.2) is 73.0 Å². The Morgan fingerprint density at radius 3 is 2.40 bits per heavy atom. The average Bonchev–Trinajstić information content (AvgIpc) is 2.90. The van der Waals surface area contributed by atoms with E-state index in [1.54, 1.807) is 7.05 Å². The number of urea groups is 1. The Morgan fingerprint density at radius 1 is 1.30 bits per heavy atom. The Labute approximate surface area is 118 Å². The molecule has 2 heterocycles. The van der Waals surface area contributed by atoms with Crippen LogP contribution < -0.4 is 0 Å². The van der Waals surface area contributed by atoms with Crippen molar-refractivity contribution in [2.24, 2.45) is 11.8 Å². The zero-order valence-corrected chi connectivity index (χ0v) is 12.5. The molecule has 3 atom stereocenters. The Morgan fingerprint density at radius 2 is 1.95 bits per heavy atom. The summed E-state index contributed by atoms with van der Waals surface area (Å²) in [6.45, 7) is 2.41. The second kappa shape index (κ2) is 5.23. The van der Waals surface area contributed by atoms with Gasteiger partial charge >= 0.3 is 12.0 Å². The first kappa shape index (κ1) is 15.1. The van der Waals surface area contributed by atoms with Crippen LogP contribution in [0.25, 0.3) is 0 Å². The van der Waals surface area contributed by atoms with Crippen LogP contribution in [0.5, 0.6) is 0 Å². The number of aliphatic carboxylic acids is 1. The standard InChI is InChI=1S/C12H20N2O5S/c1-8-5-14(6-10(8)11(15)16)12(17)13(2)9-3-4-20(18,19)7-9/h8-10H,3-7H2,1-2H3,(H,15,16)/t8-,9?,10-/m1/s1. The maximum absolute atomic E-state index is 12.3. The van der Waals surface area contributed by atoms with E-state index >= 15 is 0 Å². The van der Waals surface area contributed by atoms with Gasteiger partial charge in [0, 0.05) is 26.2 Å². The normalized spacial score (nSPS) is 32.3. The van der Waals surface area contributed by atoms with E-state index in [9.17, 15) is 18.0 Å². The minimum absolute atomic E-state index is 0.000985. The van der Waals surface area contributed by atoms with Gasteiger partial charge in [-0.1, -0.05) is 6.92 Å². The molecule has 0 bridgehead atoms. The summed E-state index contributed by atoms with van der Waals surface area (Å²) in [5, 5.41) is 9.07. The van der Waals surface area contributed by atoms with Crippen LogP contribution >= 0.6 is 0 Å². The van der Waals surface area contributed by atoms with Gasteiger partial charge in [0.2, 0.25) is 0 Å². The van der Waals surface area contributed by atoms with Crippen molar-refractivity contribution in [1.82, 2.24) is 9.80 Å². The van der Waals surface area contributed by atoms with E-state index in [1.807, 2.05) is 6.92 Å². The predicted octanol–water partition coefficient (Wildman–Crippen LogP) is -0.122. The molecule has 1 unspecified atom stereocenters. The molecule has 0 radical (unpaired) electrons. The molecule has 2 amide bonds. The van der Waals surface area contributed by atoms with Crippen LogP contribution in [0.2, 0.25) is 0 Å². The monoisotopic (exact) mass is 304 g/mol. The fraction of sp³-hybridized carbons (Fsp3) is 0.833. The van der Waals surface area contributed by atoms with Gasteiger partial charge in [-0.3, -0.25) is 4.79 Å². The highest BCUT2D eigenvalue weighted by atomic mass is 32.2. The third-order valence-corrected chi connectivity index (χ3v) is 6.01. The lowest BCUT2D eigenvalue weighted by molar-refractivity contribution is -0.142. The van der Waals surface area contributed by atoms with Crippen molar-refractivity contribution < 1.29 is 23.1 Å². The van der Waals surface area contributed by atoms with Crippen LogP contribution in [0.15, 0.2) is 0 Å². The highest BCUT2D eigenvalue weighted by Gasteiger charge is 2.40. The summed E-state index contributed by atoms with van der Waals surface area (Å²) in [5.74, 6) is -1.40. The number of carbonyl (C=O) groups is 2. The fourth-order valence-electron chi connectivity index (χ4n) is 2.90. The number of hydrogen-bond acceptors (Lipinski definition) is 4. The van der Waals surface area contributed by atoms with Crippen LogP contribution in [0, 0.1) is 11.8 Å². The highest BCUT2D eigenvalue weighted by molar-refractivity contribution is 7.91. The van der Waals surface area contributed by atoms with Gasteiger partial charge in [0.05, 0.1) is 17.4 Å². The Bertz CT molecular complexity index is 518. The zero-order chi connectivity index (χ0) is 15.1. The highest BCUT2D eigenvalue weighted by Crippen LogP contribution is 2.25. The third-order valence-electron chi connectivity index (χ3n) is 4.26. The third kappa shape index (κ3) is 2.89. The lowest BCUT2D eigenvalue weighted by atomic mass is 9.99. The molecule has 2 aliphatic heterocycles. The fourth-order valence-corrected chi connectivity index (χ4v) is 4.68. The molecule has 0 spiro atoms. The number of nitrogens with zero attached hydrogens (tertiary/aromatic N) is 2. The molecule has 8 heteroatoms. The van der Waals surface area contributed by atoms with E-state index in [0.717, 1.165) is 0 Å². The molecule has 2 fully saturated rings. The van der Waals surface area contributed by atoms with Crippen molar-refractivity contribution in [3.63, 3.8) is 0 Å². The van der Waals surface area contributed by atoms with Gasteiger partial charge in [0.15, 0.2) is 9.84 Å². The van der Waals surface area contributed by atoms with Gasteiger partial charge in [-0.2, -0.15) is 0 Å². The number of amides is 2. The van der Waals surface area contributed by atoms with Crippen molar-refractivity contribution >= 4 is 21.8 Å². The molecular formula is C12H20N2O5S. The van der Waals surface area contributed by atoms with Crippen molar-refractivity contribution in [3.8, 4) is 0 Å². The molecule has 0 aromatic carbocycles. The minimum Gasteiger partial charge on any atom is -0.481 e. The molecule has 0 saturated carbocycles. The Kier molecular flexibility index (Phi) is 3.95. The maximum atomic E-state index is 12.3. The first-order valence-electron chi connectivity index (χ1n) is 6.66. The van der Waals surface area contributed by atoms with Gasteiger partial charge in [0.25, 0.3) is 0 Å². The summed E-state index contributed by atoms with van der Waals surface area (Å²) in [7, 11) is -1.45. The molecule has 114 valence electrons. The summed E-state index contributed by atoms with van der Waals surface area (Å²) in [4.78, 5) is 26.3. The topological polar surface area (TPSA) is 95.0 Å². The molecule has 0 aromatic rings. The number of rotatable bonds is 2. The quantitative estimate of drug-likeness (QED) is 0.767. The molecule has 0 aromatic heterocycles. The molecule has 2 saturated heterocycles. The first-order chi connectivity index (χ1) is 9.21. The van der Waals surface area contributed by atoms with E-state index in [0.29, 0.717) is 13.0 Å². The molecule has 2 aliphatic rings. The van der Waals surface area contributed by atoms with Crippen LogP contribution in [0.1, 0.15) is 13.3 Å². The second-order valence-electron chi connectivity index (χ2n) is 5.78. The number of hydrogen-bond donors (Lipinski definition) is 1. The second-order valence-corrected chi connectivity index (χ2v) is 8.01. The maximum Gasteiger partial charge on any atom is 0.320 e. The van der Waals surface area contributed by atoms with Crippen molar-refractivity contribution in [2.75, 3.05) is 31.6 Å². The molecule has 20 heavy (non-hydrogen) atoms. The Balaban J connectivity index is 2.00. The molecular weight excluding hydrogens is 284 g/mol. The lowest BCUT2D eigenvalue weighted by Crippen LogP contribution is -2.46. The van der Waals surface area contributed by atoms with E-state index in [4.69, 9.17) is 5.11 Å². The van der Waals surface area contributed by atoms with Gasteiger partial charge in [-0.15, -0.1) is 0 Å². The number of carbonyl (C=O) groups excluding carboxylic acids is 1. The Hall–Kier alpha value is -1.31. The largest absolute Gasteiger partial charge is 0.481 e. The average molecular weight is 304 g/mol. The van der Waals surface area contributed by atoms with Gasteiger partial charge in [-0.25, -0.2) is 13.2 Å². The van der Waals surface area contributed by atoms with E-state index in [2.05, 4.69) is 0 Å². The number of carboxylic acid groups (broad SMARTS) is 1. The van der Waals surface area contributed by atoms with Crippen molar-refractivity contribution in [1.29, 1.82) is 0 Å². The van der Waals surface area contributed by atoms with Gasteiger partial charge in [-0.05, 0) is 12.3 Å². The summed E-state index contributed by atoms with van der Waals surface area (Å²) in [5.41, 5.74) is 0. The predicted molar refractivity (Wildman–Crippen MR) is 72.1 cm³/mol. The van der Waals surface area contributed by atoms with Crippen LogP contribution in [0.4, 0.5) is 4.79 Å². The smallest absolute Gasteiger partial charge is 0.320 e. The minimum atomic E-state index is -3.04. The molecule has 0 aliphatic carbocycles. The summed E-state index contributed by atoms with van der Waals surface area (Å²) in [6, 6.07) is -0.575. The summed E-state index contributed by atoms with van der Waals surface area (Å²) >= 11 is 0. The van der Waals surface area contributed by atoms with E-state index in [-0.39, 0.29) is 36.0 Å². The van der Waals surface area contributed by atoms with Crippen LogP contribution in [-0.2, 0) is 14.6 Å². The van der Waals surface area contributed by atoms with Crippen molar-refractivity contribution in [3.05, 3.63) is 0 Å². The number of sulfone groups is 1. The molecule has 2 rings (SSSR count). The van der Waals surface area contributed by atoms with Gasteiger partial charge < -0.3 is 14.9 Å². The summed E-state index contributed by atoms with van der Waals surface area (Å²) in [6.07, 6.45) is 0.455. The SMILES string of the molecule is C[C@@H]1CN(C(=O)N(C)C2CCS(=O)(=O)C2)C[C@H]1C(=O)O. The first-order valence-corrected chi connectivity index (χ1v) is 8.48. The number of carboxylic acids is 1. The van der Waals surface area contributed by atoms with Gasteiger partial charge in [0.1, 0.15) is 0 Å². The van der Waals surface area contributed by atoms with E-state index < -0.39 is 21.7 Å². The molecule has 7 nitrogen and oxygen atoms in total. The van der Waals surface area contributed by atoms with Crippen molar-refractivity contribution in [2.45, 2.75) is 19.4 Å². The summed E-state index contributed by atoms with van der Waals surface area (Å²) < 4.78 is 22.9. The zero-order valence-electron chi connectivity index (χ0n) is 11.7. The molecule has 1 N–H and O–H groups in total. The number of likely N-dealkylation sites (tertiary alicyclic amines) is 1.